The summed E-state index contributed by atoms with van der Waals surface area (Å²) in [7, 11) is 0. The topological polar surface area (TPSA) is 80.0 Å². The minimum absolute atomic E-state index is 0.253. The van der Waals surface area contributed by atoms with Crippen LogP contribution in [-0.4, -0.2) is 16.0 Å². The molecule has 2 N–H and O–H groups in total. The number of hydrogen-bond donors (Lipinski definition) is 2. The van der Waals surface area contributed by atoms with Crippen LogP contribution in [0.1, 0.15) is 27.4 Å². The lowest BCUT2D eigenvalue weighted by Crippen LogP contribution is -2.23. The Balaban J connectivity index is 1.48. The van der Waals surface area contributed by atoms with Crippen molar-refractivity contribution in [3.05, 3.63) is 82.5 Å². The van der Waals surface area contributed by atoms with Crippen molar-refractivity contribution in [1.82, 2.24) is 20.8 Å². The highest BCUT2D eigenvalue weighted by molar-refractivity contribution is 6.30. The van der Waals surface area contributed by atoms with Gasteiger partial charge in [0.05, 0.1) is 6.54 Å². The number of benzene rings is 1. The Morgan fingerprint density at radius 1 is 1.04 bits per heavy atom. The number of pyridine rings is 1. The molecule has 128 valence electrons. The zero-order chi connectivity index (χ0) is 17.5. The van der Waals surface area contributed by atoms with Crippen LogP contribution in [0, 0.1) is 0 Å². The number of carbonyl (C=O) groups excluding carboxylic acids is 1. The van der Waals surface area contributed by atoms with Gasteiger partial charge >= 0.3 is 0 Å². The number of hydrogen-bond acceptors (Lipinski definition) is 5. The molecule has 7 heteroatoms. The number of amides is 1. The van der Waals surface area contributed by atoms with Gasteiger partial charge in [0.15, 0.2) is 11.5 Å². The number of rotatable bonds is 7. The van der Waals surface area contributed by atoms with Gasteiger partial charge < -0.3 is 15.2 Å². The molecule has 6 nitrogen and oxygen atoms in total. The average molecular weight is 357 g/mol. The first kappa shape index (κ1) is 17.1. The number of aromatic nitrogens is 2. The highest BCUT2D eigenvalue weighted by Gasteiger charge is 2.12. The molecule has 0 unspecified atom stereocenters. The van der Waals surface area contributed by atoms with Gasteiger partial charge in [-0.15, -0.1) is 0 Å². The van der Waals surface area contributed by atoms with E-state index in [-0.39, 0.29) is 11.6 Å². The Morgan fingerprint density at radius 3 is 2.68 bits per heavy atom. The SMILES string of the molecule is O=C(NCc1cccc(Cl)c1)c1cc(CNCc2ccncc2)on1. The molecule has 0 aliphatic heterocycles. The maximum Gasteiger partial charge on any atom is 0.273 e. The smallest absolute Gasteiger partial charge is 0.273 e. The molecule has 0 aliphatic carbocycles. The first-order valence-electron chi connectivity index (χ1n) is 7.78. The molecule has 2 heterocycles. The maximum atomic E-state index is 12.1. The number of carbonyl (C=O) groups is 1. The van der Waals surface area contributed by atoms with Crippen molar-refractivity contribution in [2.45, 2.75) is 19.6 Å². The average Bonchev–Trinajstić information content (AvgIpc) is 3.10. The highest BCUT2D eigenvalue weighted by Crippen LogP contribution is 2.11. The Labute approximate surface area is 150 Å². The van der Waals surface area contributed by atoms with Gasteiger partial charge in [0.2, 0.25) is 0 Å². The van der Waals surface area contributed by atoms with Crippen LogP contribution < -0.4 is 10.6 Å². The van der Waals surface area contributed by atoms with Gasteiger partial charge in [0, 0.05) is 36.6 Å². The summed E-state index contributed by atoms with van der Waals surface area (Å²) in [6.45, 7) is 1.54. The predicted molar refractivity (Wildman–Crippen MR) is 93.9 cm³/mol. The molecule has 1 aromatic carbocycles. The fraction of sp³-hybridized carbons (Fsp3) is 0.167. The lowest BCUT2D eigenvalue weighted by Gasteiger charge is -2.03. The molecular weight excluding hydrogens is 340 g/mol. The van der Waals surface area contributed by atoms with E-state index in [0.717, 1.165) is 11.1 Å². The van der Waals surface area contributed by atoms with Gasteiger partial charge in [-0.05, 0) is 35.4 Å². The van der Waals surface area contributed by atoms with Crippen molar-refractivity contribution >= 4 is 17.5 Å². The quantitative estimate of drug-likeness (QED) is 0.680. The summed E-state index contributed by atoms with van der Waals surface area (Å²) >= 11 is 5.92. The normalized spacial score (nSPS) is 10.6. The Kier molecular flexibility index (Phi) is 5.77. The van der Waals surface area contributed by atoms with E-state index in [1.54, 1.807) is 30.6 Å². The van der Waals surface area contributed by atoms with E-state index in [1.165, 1.54) is 0 Å². The van der Waals surface area contributed by atoms with Gasteiger partial charge in [-0.1, -0.05) is 28.9 Å². The third-order valence-corrected chi connectivity index (χ3v) is 3.75. The van der Waals surface area contributed by atoms with Crippen molar-refractivity contribution in [1.29, 1.82) is 0 Å². The summed E-state index contributed by atoms with van der Waals surface area (Å²) in [5.74, 6) is 0.311. The molecule has 0 aliphatic rings. The lowest BCUT2D eigenvalue weighted by atomic mass is 10.2. The van der Waals surface area contributed by atoms with E-state index in [2.05, 4.69) is 20.8 Å². The van der Waals surface area contributed by atoms with E-state index >= 15 is 0 Å². The second-order valence-electron chi connectivity index (χ2n) is 5.45. The number of halogens is 1. The Bertz CT molecular complexity index is 836. The van der Waals surface area contributed by atoms with Crippen LogP contribution in [0.15, 0.2) is 59.4 Å². The van der Waals surface area contributed by atoms with Crippen molar-refractivity contribution in [2.24, 2.45) is 0 Å². The monoisotopic (exact) mass is 356 g/mol. The molecule has 2 aromatic heterocycles. The van der Waals surface area contributed by atoms with Crippen molar-refractivity contribution in [3.63, 3.8) is 0 Å². The molecule has 0 saturated heterocycles. The first-order valence-corrected chi connectivity index (χ1v) is 8.16. The number of nitrogens with one attached hydrogen (secondary N) is 2. The third kappa shape index (κ3) is 5.14. The van der Waals surface area contributed by atoms with Gasteiger partial charge in [-0.3, -0.25) is 9.78 Å². The molecule has 3 rings (SSSR count). The largest absolute Gasteiger partial charge is 0.359 e. The summed E-state index contributed by atoms with van der Waals surface area (Å²) in [4.78, 5) is 16.1. The van der Waals surface area contributed by atoms with E-state index < -0.39 is 0 Å². The molecule has 0 spiro atoms. The summed E-state index contributed by atoms with van der Waals surface area (Å²) in [6.07, 6.45) is 3.49. The summed E-state index contributed by atoms with van der Waals surface area (Å²) in [5, 5.41) is 10.5. The fourth-order valence-corrected chi connectivity index (χ4v) is 2.47. The number of nitrogens with zero attached hydrogens (tertiary/aromatic N) is 2. The second-order valence-corrected chi connectivity index (χ2v) is 5.89. The molecular formula is C18H17ClN4O2. The predicted octanol–water partition coefficient (Wildman–Crippen LogP) is 2.94. The van der Waals surface area contributed by atoms with Crippen molar-refractivity contribution in [2.75, 3.05) is 0 Å². The van der Waals surface area contributed by atoms with Crippen molar-refractivity contribution in [3.8, 4) is 0 Å². The van der Waals surface area contributed by atoms with Crippen LogP contribution in [0.3, 0.4) is 0 Å². The van der Waals surface area contributed by atoms with E-state index in [9.17, 15) is 4.79 Å². The zero-order valence-electron chi connectivity index (χ0n) is 13.4. The zero-order valence-corrected chi connectivity index (χ0v) is 14.2. The molecule has 3 aromatic rings. The van der Waals surface area contributed by atoms with Gasteiger partial charge in [-0.2, -0.15) is 0 Å². The molecule has 0 fully saturated rings. The second kappa shape index (κ2) is 8.41. The Morgan fingerprint density at radius 2 is 1.88 bits per heavy atom. The van der Waals surface area contributed by atoms with Crippen LogP contribution in [0.5, 0.6) is 0 Å². The van der Waals surface area contributed by atoms with Crippen LogP contribution in [-0.2, 0) is 19.6 Å². The van der Waals surface area contributed by atoms with Gasteiger partial charge in [-0.25, -0.2) is 0 Å². The van der Waals surface area contributed by atoms with Crippen molar-refractivity contribution < 1.29 is 9.32 Å². The lowest BCUT2D eigenvalue weighted by molar-refractivity contribution is 0.0941. The minimum Gasteiger partial charge on any atom is -0.359 e. The van der Waals surface area contributed by atoms with E-state index in [0.29, 0.717) is 30.4 Å². The van der Waals surface area contributed by atoms with Gasteiger partial charge in [0.1, 0.15) is 0 Å². The summed E-state index contributed by atoms with van der Waals surface area (Å²) in [5.41, 5.74) is 2.29. The molecule has 25 heavy (non-hydrogen) atoms. The van der Waals surface area contributed by atoms with Crippen LogP contribution in [0.25, 0.3) is 0 Å². The minimum atomic E-state index is -0.288. The van der Waals surface area contributed by atoms with Crippen LogP contribution >= 0.6 is 11.6 Å². The third-order valence-electron chi connectivity index (χ3n) is 3.51. The standard InChI is InChI=1S/C18H17ClN4O2/c19-15-3-1-2-14(8-15)11-22-18(24)17-9-16(25-23-17)12-21-10-13-4-6-20-7-5-13/h1-9,21H,10-12H2,(H,22,24). The molecule has 1 amide bonds. The summed E-state index contributed by atoms with van der Waals surface area (Å²) in [6, 6.07) is 12.8. The van der Waals surface area contributed by atoms with Crippen LogP contribution in [0.2, 0.25) is 5.02 Å². The summed E-state index contributed by atoms with van der Waals surface area (Å²) < 4.78 is 5.19. The molecule has 0 bridgehead atoms. The molecule has 0 radical (unpaired) electrons. The highest BCUT2D eigenvalue weighted by atomic mass is 35.5. The first-order chi connectivity index (χ1) is 12.2. The Hall–Kier alpha value is -2.70. The fourth-order valence-electron chi connectivity index (χ4n) is 2.25. The molecule has 0 saturated carbocycles. The van der Waals surface area contributed by atoms with E-state index in [4.69, 9.17) is 16.1 Å². The molecule has 0 atom stereocenters. The van der Waals surface area contributed by atoms with Gasteiger partial charge in [0.25, 0.3) is 5.91 Å². The van der Waals surface area contributed by atoms with Crippen LogP contribution in [0.4, 0.5) is 0 Å². The van der Waals surface area contributed by atoms with E-state index in [1.807, 2.05) is 24.3 Å². The maximum absolute atomic E-state index is 12.1.